The van der Waals surface area contributed by atoms with Gasteiger partial charge in [0, 0.05) is 30.9 Å². The van der Waals surface area contributed by atoms with E-state index in [1.54, 1.807) is 24.3 Å². The average Bonchev–Trinajstić information content (AvgIpc) is 2.59. The van der Waals surface area contributed by atoms with Gasteiger partial charge in [-0.1, -0.05) is 36.4 Å². The van der Waals surface area contributed by atoms with Crippen LogP contribution in [0.3, 0.4) is 0 Å². The van der Waals surface area contributed by atoms with Crippen molar-refractivity contribution in [2.75, 3.05) is 10.6 Å². The molecule has 2 rings (SSSR count). The van der Waals surface area contributed by atoms with Gasteiger partial charge in [0.25, 0.3) is 0 Å². The second kappa shape index (κ2) is 8.80. The second-order valence-electron chi connectivity index (χ2n) is 6.23. The van der Waals surface area contributed by atoms with Crippen molar-refractivity contribution in [3.63, 3.8) is 0 Å². The number of benzene rings is 2. The molecule has 0 atom stereocenters. The molecule has 0 saturated carbocycles. The maximum absolute atomic E-state index is 12.6. The quantitative estimate of drug-likeness (QED) is 0.811. The summed E-state index contributed by atoms with van der Waals surface area (Å²) in [7, 11) is 0. The van der Waals surface area contributed by atoms with Gasteiger partial charge in [0.15, 0.2) is 0 Å². The Labute approximate surface area is 153 Å². The maximum atomic E-state index is 12.6. The molecule has 2 aromatic rings. The van der Waals surface area contributed by atoms with E-state index in [0.717, 1.165) is 5.56 Å². The van der Waals surface area contributed by atoms with Crippen molar-refractivity contribution in [1.82, 2.24) is 4.90 Å². The van der Waals surface area contributed by atoms with Crippen molar-refractivity contribution in [3.05, 3.63) is 60.2 Å². The number of carbonyl (C=O) groups is 3. The number of hydrogen-bond donors (Lipinski definition) is 2. The highest BCUT2D eigenvalue weighted by Gasteiger charge is 2.24. The summed E-state index contributed by atoms with van der Waals surface area (Å²) in [5.74, 6) is -1.53. The molecular weight excluding hydrogens is 330 g/mol. The van der Waals surface area contributed by atoms with Crippen molar-refractivity contribution in [1.29, 1.82) is 0 Å². The van der Waals surface area contributed by atoms with E-state index in [-0.39, 0.29) is 11.9 Å². The van der Waals surface area contributed by atoms with Crippen molar-refractivity contribution >= 4 is 29.1 Å². The average molecular weight is 353 g/mol. The van der Waals surface area contributed by atoms with Crippen LogP contribution in [0.2, 0.25) is 0 Å². The lowest BCUT2D eigenvalue weighted by atomic mass is 10.2. The summed E-state index contributed by atoms with van der Waals surface area (Å²) in [6.07, 6.45) is 0. The summed E-state index contributed by atoms with van der Waals surface area (Å²) in [5.41, 5.74) is 1.95. The summed E-state index contributed by atoms with van der Waals surface area (Å²) in [5, 5.41) is 5.23. The van der Waals surface area contributed by atoms with Crippen LogP contribution < -0.4 is 10.6 Å². The molecular formula is C20H23N3O3. The molecule has 0 fully saturated rings. The molecule has 0 radical (unpaired) electrons. The van der Waals surface area contributed by atoms with Crippen LogP contribution in [-0.4, -0.2) is 28.7 Å². The molecule has 0 aliphatic carbocycles. The first-order valence-corrected chi connectivity index (χ1v) is 8.40. The van der Waals surface area contributed by atoms with Crippen molar-refractivity contribution < 1.29 is 14.4 Å². The standard InChI is InChI=1S/C20H23N3O3/c1-14(2)23(13-16-8-5-4-6-9-16)20(26)19(25)22-18-11-7-10-17(12-18)21-15(3)24/h4-12,14H,13H2,1-3H3,(H,21,24)(H,22,25). The number of nitrogens with zero attached hydrogens (tertiary/aromatic N) is 1. The first-order valence-electron chi connectivity index (χ1n) is 8.40. The molecule has 2 N–H and O–H groups in total. The summed E-state index contributed by atoms with van der Waals surface area (Å²) < 4.78 is 0. The van der Waals surface area contributed by atoms with Crippen LogP contribution in [0.15, 0.2) is 54.6 Å². The fourth-order valence-corrected chi connectivity index (χ4v) is 2.46. The number of amides is 3. The number of carbonyl (C=O) groups excluding carboxylic acids is 3. The molecule has 136 valence electrons. The van der Waals surface area contributed by atoms with Gasteiger partial charge in [-0.15, -0.1) is 0 Å². The molecule has 6 heteroatoms. The molecule has 6 nitrogen and oxygen atoms in total. The molecule has 0 heterocycles. The molecule has 0 saturated heterocycles. The summed E-state index contributed by atoms with van der Waals surface area (Å²) >= 11 is 0. The van der Waals surface area contributed by atoms with Crippen LogP contribution in [0.25, 0.3) is 0 Å². The SMILES string of the molecule is CC(=O)Nc1cccc(NC(=O)C(=O)N(Cc2ccccc2)C(C)C)c1. The zero-order valence-corrected chi connectivity index (χ0v) is 15.2. The van der Waals surface area contributed by atoms with E-state index in [2.05, 4.69) is 10.6 Å². The van der Waals surface area contributed by atoms with E-state index in [1.807, 2.05) is 44.2 Å². The third kappa shape index (κ3) is 5.44. The Bertz CT molecular complexity index is 788. The Morgan fingerprint density at radius 1 is 0.923 bits per heavy atom. The molecule has 2 aromatic carbocycles. The minimum absolute atomic E-state index is 0.126. The van der Waals surface area contributed by atoms with E-state index in [4.69, 9.17) is 0 Å². The second-order valence-corrected chi connectivity index (χ2v) is 6.23. The molecule has 0 spiro atoms. The molecule has 0 bridgehead atoms. The lowest BCUT2D eigenvalue weighted by Crippen LogP contribution is -2.43. The zero-order valence-electron chi connectivity index (χ0n) is 15.2. The van der Waals surface area contributed by atoms with Crippen LogP contribution in [0, 0.1) is 0 Å². The fraction of sp³-hybridized carbons (Fsp3) is 0.250. The number of anilines is 2. The first-order chi connectivity index (χ1) is 12.4. The number of hydrogen-bond acceptors (Lipinski definition) is 3. The Morgan fingerprint density at radius 2 is 1.54 bits per heavy atom. The fourth-order valence-electron chi connectivity index (χ4n) is 2.46. The van der Waals surface area contributed by atoms with Crippen molar-refractivity contribution in [2.45, 2.75) is 33.4 Å². The van der Waals surface area contributed by atoms with Crippen LogP contribution in [-0.2, 0) is 20.9 Å². The molecule has 0 aromatic heterocycles. The molecule has 3 amide bonds. The molecule has 0 aliphatic rings. The maximum Gasteiger partial charge on any atom is 0.313 e. The third-order valence-electron chi connectivity index (χ3n) is 3.72. The number of nitrogens with one attached hydrogen (secondary N) is 2. The van der Waals surface area contributed by atoms with Gasteiger partial charge in [0.1, 0.15) is 0 Å². The predicted molar refractivity (Wildman–Crippen MR) is 102 cm³/mol. The van der Waals surface area contributed by atoms with Crippen LogP contribution in [0.1, 0.15) is 26.3 Å². The van der Waals surface area contributed by atoms with E-state index in [0.29, 0.717) is 17.9 Å². The lowest BCUT2D eigenvalue weighted by Gasteiger charge is -2.26. The summed E-state index contributed by atoms with van der Waals surface area (Å²) in [6, 6.07) is 16.0. The third-order valence-corrected chi connectivity index (χ3v) is 3.72. The van der Waals surface area contributed by atoms with Crippen molar-refractivity contribution in [3.8, 4) is 0 Å². The molecule has 0 unspecified atom stereocenters. The molecule has 0 aliphatic heterocycles. The Morgan fingerprint density at radius 3 is 2.12 bits per heavy atom. The normalized spacial score (nSPS) is 10.3. The van der Waals surface area contributed by atoms with E-state index in [9.17, 15) is 14.4 Å². The minimum Gasteiger partial charge on any atom is -0.328 e. The van der Waals surface area contributed by atoms with Gasteiger partial charge in [-0.3, -0.25) is 14.4 Å². The topological polar surface area (TPSA) is 78.5 Å². The Hall–Kier alpha value is -3.15. The predicted octanol–water partition coefficient (Wildman–Crippen LogP) is 3.02. The summed E-state index contributed by atoms with van der Waals surface area (Å²) in [4.78, 5) is 37.6. The van der Waals surface area contributed by atoms with Gasteiger partial charge < -0.3 is 15.5 Å². The van der Waals surface area contributed by atoms with Gasteiger partial charge >= 0.3 is 11.8 Å². The van der Waals surface area contributed by atoms with Crippen molar-refractivity contribution in [2.24, 2.45) is 0 Å². The van der Waals surface area contributed by atoms with Gasteiger partial charge in [-0.2, -0.15) is 0 Å². The highest BCUT2D eigenvalue weighted by atomic mass is 16.2. The van der Waals surface area contributed by atoms with Gasteiger partial charge in [0.2, 0.25) is 5.91 Å². The van der Waals surface area contributed by atoms with Crippen LogP contribution >= 0.6 is 0 Å². The lowest BCUT2D eigenvalue weighted by molar-refractivity contribution is -0.144. The highest BCUT2D eigenvalue weighted by Crippen LogP contribution is 2.16. The Kier molecular flexibility index (Phi) is 6.49. The smallest absolute Gasteiger partial charge is 0.313 e. The first kappa shape index (κ1) is 19.2. The zero-order chi connectivity index (χ0) is 19.1. The Balaban J connectivity index is 2.09. The van der Waals surface area contributed by atoms with E-state index in [1.165, 1.54) is 11.8 Å². The van der Waals surface area contributed by atoms with E-state index >= 15 is 0 Å². The number of rotatable bonds is 5. The van der Waals surface area contributed by atoms with E-state index < -0.39 is 11.8 Å². The van der Waals surface area contributed by atoms with Crippen LogP contribution in [0.5, 0.6) is 0 Å². The van der Waals surface area contributed by atoms with Gasteiger partial charge in [-0.05, 0) is 37.6 Å². The molecule has 26 heavy (non-hydrogen) atoms. The van der Waals surface area contributed by atoms with Gasteiger partial charge in [0.05, 0.1) is 0 Å². The highest BCUT2D eigenvalue weighted by molar-refractivity contribution is 6.39. The van der Waals surface area contributed by atoms with Gasteiger partial charge in [-0.25, -0.2) is 0 Å². The minimum atomic E-state index is -0.713. The summed E-state index contributed by atoms with van der Waals surface area (Å²) in [6.45, 7) is 5.49. The largest absolute Gasteiger partial charge is 0.328 e. The van der Waals surface area contributed by atoms with Crippen LogP contribution in [0.4, 0.5) is 11.4 Å². The monoisotopic (exact) mass is 353 g/mol.